The highest BCUT2D eigenvalue weighted by Gasteiger charge is 2.29. The zero-order valence-corrected chi connectivity index (χ0v) is 20.4. The quantitative estimate of drug-likeness (QED) is 0.511. The molecule has 0 unspecified atom stereocenters. The van der Waals surface area contributed by atoms with Gasteiger partial charge in [0.05, 0.1) is 30.3 Å². The summed E-state index contributed by atoms with van der Waals surface area (Å²) in [5.41, 5.74) is 1.56. The normalized spacial score (nSPS) is 13.6. The average molecular weight is 487 g/mol. The van der Waals surface area contributed by atoms with Gasteiger partial charge in [-0.15, -0.1) is 0 Å². The number of nitrogens with zero attached hydrogens (tertiary/aromatic N) is 2. The van der Waals surface area contributed by atoms with E-state index in [2.05, 4.69) is 0 Å². The van der Waals surface area contributed by atoms with Crippen molar-refractivity contribution in [2.75, 3.05) is 7.05 Å². The second-order valence-corrected chi connectivity index (χ2v) is 11.0. The van der Waals surface area contributed by atoms with Gasteiger partial charge >= 0.3 is 6.09 Å². The number of aromatic nitrogens is 1. The van der Waals surface area contributed by atoms with Crippen LogP contribution in [0.1, 0.15) is 37.5 Å². The predicted octanol–water partition coefficient (Wildman–Crippen LogP) is 4.93. The van der Waals surface area contributed by atoms with Crippen LogP contribution in [0, 0.1) is 5.82 Å². The van der Waals surface area contributed by atoms with Crippen molar-refractivity contribution in [3.05, 3.63) is 77.2 Å². The van der Waals surface area contributed by atoms with Crippen molar-refractivity contribution in [3.8, 4) is 11.3 Å². The van der Waals surface area contributed by atoms with Crippen molar-refractivity contribution in [1.82, 2.24) is 8.87 Å². The Hall–Kier alpha value is -3.17. The lowest BCUT2D eigenvalue weighted by atomic mass is 10.1. The minimum Gasteiger partial charge on any atom is -0.444 e. The second kappa shape index (κ2) is 8.88. The Labute approximate surface area is 198 Å². The van der Waals surface area contributed by atoms with Gasteiger partial charge in [0.25, 0.3) is 10.0 Å². The molecule has 0 bridgehead atoms. The fourth-order valence-corrected chi connectivity index (χ4v) is 5.49. The molecular weight excluding hydrogens is 459 g/mol. The van der Waals surface area contributed by atoms with Gasteiger partial charge in [-0.1, -0.05) is 24.3 Å². The van der Waals surface area contributed by atoms with Gasteiger partial charge in [-0.2, -0.15) is 0 Å². The third-order valence-electron chi connectivity index (χ3n) is 5.39. The SMILES string of the molecule is CN(Cc1cc(-c2ccccc2F)n(S(=O)(=O)c2cccc3c2COC3)c1)C(=O)OC(C)(C)C. The van der Waals surface area contributed by atoms with E-state index in [-0.39, 0.29) is 29.3 Å². The summed E-state index contributed by atoms with van der Waals surface area (Å²) in [7, 11) is -2.53. The number of hydrogen-bond acceptors (Lipinski definition) is 5. The Morgan fingerprint density at radius 1 is 1.15 bits per heavy atom. The zero-order chi connectivity index (χ0) is 24.7. The van der Waals surface area contributed by atoms with E-state index in [9.17, 15) is 17.6 Å². The van der Waals surface area contributed by atoms with E-state index >= 15 is 0 Å². The first-order valence-corrected chi connectivity index (χ1v) is 12.3. The van der Waals surface area contributed by atoms with Gasteiger partial charge in [0.1, 0.15) is 11.4 Å². The summed E-state index contributed by atoms with van der Waals surface area (Å²) in [5.74, 6) is -0.550. The summed E-state index contributed by atoms with van der Waals surface area (Å²) < 4.78 is 54.3. The van der Waals surface area contributed by atoms with E-state index in [0.29, 0.717) is 17.7 Å². The van der Waals surface area contributed by atoms with Crippen molar-refractivity contribution in [1.29, 1.82) is 0 Å². The van der Waals surface area contributed by atoms with Crippen LogP contribution in [0.3, 0.4) is 0 Å². The maximum absolute atomic E-state index is 14.7. The van der Waals surface area contributed by atoms with Gasteiger partial charge < -0.3 is 14.4 Å². The first-order chi connectivity index (χ1) is 16.0. The van der Waals surface area contributed by atoms with E-state index in [1.54, 1.807) is 52.1 Å². The molecule has 0 saturated heterocycles. The summed E-state index contributed by atoms with van der Waals surface area (Å²) in [6.45, 7) is 5.90. The van der Waals surface area contributed by atoms with Crippen LogP contribution in [0.25, 0.3) is 11.3 Å². The van der Waals surface area contributed by atoms with Crippen LogP contribution in [-0.2, 0) is 39.3 Å². The Bertz CT molecular complexity index is 1340. The van der Waals surface area contributed by atoms with Crippen LogP contribution in [0.2, 0.25) is 0 Å². The summed E-state index contributed by atoms with van der Waals surface area (Å²) in [6, 6.07) is 12.6. The van der Waals surface area contributed by atoms with Crippen LogP contribution in [0.15, 0.2) is 59.6 Å². The molecule has 9 heteroatoms. The van der Waals surface area contributed by atoms with Crippen LogP contribution in [0.4, 0.5) is 9.18 Å². The van der Waals surface area contributed by atoms with E-state index in [1.165, 1.54) is 29.3 Å². The molecule has 0 saturated carbocycles. The number of halogens is 1. The van der Waals surface area contributed by atoms with Gasteiger partial charge in [-0.3, -0.25) is 0 Å². The fraction of sp³-hybridized carbons (Fsp3) is 0.320. The maximum atomic E-state index is 14.7. The molecule has 0 spiro atoms. The van der Waals surface area contributed by atoms with Crippen molar-refractivity contribution < 1.29 is 27.1 Å². The van der Waals surface area contributed by atoms with E-state index in [4.69, 9.17) is 9.47 Å². The summed E-state index contributed by atoms with van der Waals surface area (Å²) in [6.07, 6.45) is 0.876. The number of ether oxygens (including phenoxy) is 2. The van der Waals surface area contributed by atoms with Crippen LogP contribution < -0.4 is 0 Å². The molecule has 7 nitrogen and oxygen atoms in total. The molecule has 1 aromatic heterocycles. The molecule has 4 rings (SSSR count). The number of carbonyl (C=O) groups is 1. The summed E-state index contributed by atoms with van der Waals surface area (Å²) in [5, 5.41) is 0. The molecule has 0 N–H and O–H groups in total. The lowest BCUT2D eigenvalue weighted by molar-refractivity contribution is 0.0285. The third kappa shape index (κ3) is 4.71. The largest absolute Gasteiger partial charge is 0.444 e. The standard InChI is InChI=1S/C25H27FN2O5S/c1-25(2,3)33-24(29)27(4)13-17-12-22(19-9-5-6-10-21(19)26)28(14-17)34(30,31)23-11-7-8-18-15-32-16-20(18)23/h5-12,14H,13,15-16H2,1-4H3. The Morgan fingerprint density at radius 2 is 1.88 bits per heavy atom. The molecule has 1 amide bonds. The van der Waals surface area contributed by atoms with Crippen molar-refractivity contribution >= 4 is 16.1 Å². The Balaban J connectivity index is 1.79. The van der Waals surface area contributed by atoms with Crippen molar-refractivity contribution in [2.24, 2.45) is 0 Å². The van der Waals surface area contributed by atoms with Crippen LogP contribution in [-0.4, -0.2) is 36.0 Å². The third-order valence-corrected chi connectivity index (χ3v) is 7.15. The molecular formula is C25H27FN2O5S. The number of rotatable bonds is 5. The zero-order valence-electron chi connectivity index (χ0n) is 19.5. The van der Waals surface area contributed by atoms with Gasteiger partial charge in [0.15, 0.2) is 0 Å². The van der Waals surface area contributed by atoms with E-state index in [1.807, 2.05) is 6.07 Å². The maximum Gasteiger partial charge on any atom is 0.410 e. The smallest absolute Gasteiger partial charge is 0.410 e. The molecule has 2 aromatic carbocycles. The summed E-state index contributed by atoms with van der Waals surface area (Å²) >= 11 is 0. The van der Waals surface area contributed by atoms with Gasteiger partial charge in [-0.05, 0) is 56.2 Å². The minimum absolute atomic E-state index is 0.0783. The first kappa shape index (κ1) is 24.0. The molecule has 0 radical (unpaired) electrons. The number of amides is 1. The fourth-order valence-electron chi connectivity index (χ4n) is 3.85. The van der Waals surface area contributed by atoms with Crippen LogP contribution >= 0.6 is 0 Å². The highest BCUT2D eigenvalue weighted by Crippen LogP contribution is 2.33. The lowest BCUT2D eigenvalue weighted by Gasteiger charge is -2.24. The van der Waals surface area contributed by atoms with Crippen molar-refractivity contribution in [2.45, 2.75) is 51.0 Å². The summed E-state index contributed by atoms with van der Waals surface area (Å²) in [4.78, 5) is 13.9. The highest BCUT2D eigenvalue weighted by atomic mass is 32.2. The molecule has 0 fully saturated rings. The molecule has 1 aliphatic rings. The van der Waals surface area contributed by atoms with Gasteiger partial charge in [0, 0.05) is 24.4 Å². The number of hydrogen-bond donors (Lipinski definition) is 0. The molecule has 0 atom stereocenters. The van der Waals surface area contributed by atoms with Crippen molar-refractivity contribution in [3.63, 3.8) is 0 Å². The lowest BCUT2D eigenvalue weighted by Crippen LogP contribution is -2.33. The van der Waals surface area contributed by atoms with Gasteiger partial charge in [-0.25, -0.2) is 21.6 Å². The number of carbonyl (C=O) groups excluding carboxylic acids is 1. The highest BCUT2D eigenvalue weighted by molar-refractivity contribution is 7.90. The second-order valence-electron chi connectivity index (χ2n) is 9.24. The molecule has 34 heavy (non-hydrogen) atoms. The van der Waals surface area contributed by atoms with Crippen LogP contribution in [0.5, 0.6) is 0 Å². The number of benzene rings is 2. The van der Waals surface area contributed by atoms with Gasteiger partial charge in [0.2, 0.25) is 0 Å². The first-order valence-electron chi connectivity index (χ1n) is 10.8. The number of fused-ring (bicyclic) bond motifs is 1. The monoisotopic (exact) mass is 486 g/mol. The topological polar surface area (TPSA) is 77.8 Å². The Morgan fingerprint density at radius 3 is 2.59 bits per heavy atom. The minimum atomic E-state index is -4.09. The van der Waals surface area contributed by atoms with E-state index < -0.39 is 27.5 Å². The molecule has 180 valence electrons. The molecule has 2 heterocycles. The molecule has 3 aromatic rings. The molecule has 0 aliphatic carbocycles. The average Bonchev–Trinajstić information content (AvgIpc) is 3.40. The predicted molar refractivity (Wildman–Crippen MR) is 125 cm³/mol. The molecule has 1 aliphatic heterocycles. The van der Waals surface area contributed by atoms with E-state index in [0.717, 1.165) is 9.54 Å². The Kier molecular flexibility index (Phi) is 6.26.